The fourth-order valence-corrected chi connectivity index (χ4v) is 2.51. The zero-order valence-corrected chi connectivity index (χ0v) is 9.53. The maximum absolute atomic E-state index is 3.54. The van der Waals surface area contributed by atoms with Crippen LogP contribution in [-0.4, -0.2) is 13.1 Å². The van der Waals surface area contributed by atoms with Crippen molar-refractivity contribution >= 4 is 0 Å². The van der Waals surface area contributed by atoms with Crippen LogP contribution in [0.3, 0.4) is 0 Å². The third-order valence-corrected chi connectivity index (χ3v) is 3.17. The molecule has 0 bridgehead atoms. The van der Waals surface area contributed by atoms with Gasteiger partial charge in [-0.1, -0.05) is 27.2 Å². The second-order valence-corrected chi connectivity index (χ2v) is 5.33. The Hall–Kier alpha value is -0.0400. The smallest absolute Gasteiger partial charge is 0.00203 e. The molecule has 0 aromatic heterocycles. The average Bonchev–Trinajstić information content (AvgIpc) is 2.03. The van der Waals surface area contributed by atoms with Crippen molar-refractivity contribution in [1.29, 1.82) is 0 Å². The lowest BCUT2D eigenvalue weighted by molar-refractivity contribution is 0.178. The van der Waals surface area contributed by atoms with E-state index >= 15 is 0 Å². The molecule has 1 N–H and O–H groups in total. The Bertz CT molecular complexity index is 140. The molecule has 0 amide bonds. The highest BCUT2D eigenvalue weighted by Crippen LogP contribution is 2.38. The molecule has 1 atom stereocenters. The first-order chi connectivity index (χ1) is 6.14. The first kappa shape index (κ1) is 11.0. The largest absolute Gasteiger partial charge is 0.316 e. The summed E-state index contributed by atoms with van der Waals surface area (Å²) >= 11 is 0. The zero-order valence-electron chi connectivity index (χ0n) is 9.53. The van der Waals surface area contributed by atoms with Crippen molar-refractivity contribution in [3.63, 3.8) is 0 Å². The highest BCUT2D eigenvalue weighted by molar-refractivity contribution is 4.80. The highest BCUT2D eigenvalue weighted by Gasteiger charge is 2.27. The Morgan fingerprint density at radius 2 is 2.15 bits per heavy atom. The Labute approximate surface area is 83.3 Å². The van der Waals surface area contributed by atoms with Crippen LogP contribution in [0.5, 0.6) is 0 Å². The van der Waals surface area contributed by atoms with Crippen molar-refractivity contribution in [2.75, 3.05) is 13.1 Å². The van der Waals surface area contributed by atoms with E-state index in [0.29, 0.717) is 5.41 Å². The quantitative estimate of drug-likeness (QED) is 0.660. The van der Waals surface area contributed by atoms with Crippen molar-refractivity contribution in [3.8, 4) is 0 Å². The van der Waals surface area contributed by atoms with Crippen LogP contribution in [0.15, 0.2) is 0 Å². The number of hydrogen-bond donors (Lipinski definition) is 1. The molecule has 1 heteroatoms. The number of nitrogens with one attached hydrogen (secondary N) is 1. The zero-order chi connectivity index (χ0) is 9.73. The van der Waals surface area contributed by atoms with Crippen LogP contribution in [0.25, 0.3) is 0 Å². The molecular formula is C12H25N. The summed E-state index contributed by atoms with van der Waals surface area (Å²) in [6, 6.07) is 0. The van der Waals surface area contributed by atoms with Crippen molar-refractivity contribution in [3.05, 3.63) is 0 Å². The molecule has 0 spiro atoms. The second-order valence-electron chi connectivity index (χ2n) is 5.33. The summed E-state index contributed by atoms with van der Waals surface area (Å²) in [5.41, 5.74) is 0.608. The summed E-state index contributed by atoms with van der Waals surface area (Å²) in [5.74, 6) is 0.940. The van der Waals surface area contributed by atoms with Crippen molar-refractivity contribution < 1.29 is 0 Å². The molecule has 1 unspecified atom stereocenters. The normalized spacial score (nSPS) is 27.5. The van der Waals surface area contributed by atoms with Gasteiger partial charge in [0.05, 0.1) is 0 Å². The Balaban J connectivity index is 2.19. The summed E-state index contributed by atoms with van der Waals surface area (Å²) in [7, 11) is 0. The van der Waals surface area contributed by atoms with E-state index in [4.69, 9.17) is 0 Å². The van der Waals surface area contributed by atoms with Crippen LogP contribution < -0.4 is 5.32 Å². The molecule has 78 valence electrons. The maximum atomic E-state index is 3.54. The minimum Gasteiger partial charge on any atom is -0.316 e. The summed E-state index contributed by atoms with van der Waals surface area (Å²) in [6.45, 7) is 9.50. The molecule has 0 aromatic rings. The van der Waals surface area contributed by atoms with Crippen LogP contribution in [0.1, 0.15) is 52.9 Å². The summed E-state index contributed by atoms with van der Waals surface area (Å²) < 4.78 is 0. The average molecular weight is 183 g/mol. The molecular weight excluding hydrogens is 158 g/mol. The van der Waals surface area contributed by atoms with Gasteiger partial charge in [-0.25, -0.2) is 0 Å². The second kappa shape index (κ2) is 4.99. The Morgan fingerprint density at radius 1 is 1.38 bits per heavy atom. The molecule has 0 aromatic carbocycles. The third-order valence-electron chi connectivity index (χ3n) is 3.17. The van der Waals surface area contributed by atoms with Gasteiger partial charge >= 0.3 is 0 Å². The van der Waals surface area contributed by atoms with Crippen LogP contribution in [0.2, 0.25) is 0 Å². The standard InChI is InChI=1S/C12H25N/c1-4-8-13-10-11-6-5-7-12(2,3)9-11/h11,13H,4-10H2,1-3H3. The summed E-state index contributed by atoms with van der Waals surface area (Å²) in [4.78, 5) is 0. The number of rotatable bonds is 4. The number of hydrogen-bond acceptors (Lipinski definition) is 1. The lowest BCUT2D eigenvalue weighted by Gasteiger charge is -2.35. The molecule has 1 fully saturated rings. The fraction of sp³-hybridized carbons (Fsp3) is 1.00. The predicted molar refractivity (Wildman–Crippen MR) is 58.9 cm³/mol. The SMILES string of the molecule is CCCNCC1CCCC(C)(C)C1. The minimum atomic E-state index is 0.608. The summed E-state index contributed by atoms with van der Waals surface area (Å²) in [5, 5.41) is 3.54. The lowest BCUT2D eigenvalue weighted by Crippen LogP contribution is -2.30. The van der Waals surface area contributed by atoms with Crippen molar-refractivity contribution in [1.82, 2.24) is 5.32 Å². The molecule has 1 nitrogen and oxygen atoms in total. The maximum Gasteiger partial charge on any atom is -0.00203 e. The van der Waals surface area contributed by atoms with Crippen LogP contribution in [0, 0.1) is 11.3 Å². The molecule has 0 saturated heterocycles. The van der Waals surface area contributed by atoms with Gasteiger partial charge in [0, 0.05) is 0 Å². The molecule has 1 aliphatic rings. The summed E-state index contributed by atoms with van der Waals surface area (Å²) in [6.07, 6.45) is 6.99. The first-order valence-corrected chi connectivity index (χ1v) is 5.85. The fourth-order valence-electron chi connectivity index (χ4n) is 2.51. The molecule has 1 saturated carbocycles. The van der Waals surface area contributed by atoms with E-state index in [2.05, 4.69) is 26.1 Å². The lowest BCUT2D eigenvalue weighted by atomic mass is 9.72. The van der Waals surface area contributed by atoms with E-state index in [1.165, 1.54) is 45.2 Å². The van der Waals surface area contributed by atoms with Gasteiger partial charge in [-0.3, -0.25) is 0 Å². The van der Waals surface area contributed by atoms with E-state index in [1.807, 2.05) is 0 Å². The van der Waals surface area contributed by atoms with E-state index < -0.39 is 0 Å². The van der Waals surface area contributed by atoms with Crippen molar-refractivity contribution in [2.24, 2.45) is 11.3 Å². The first-order valence-electron chi connectivity index (χ1n) is 5.85. The monoisotopic (exact) mass is 183 g/mol. The molecule has 1 aliphatic carbocycles. The van der Waals surface area contributed by atoms with Crippen molar-refractivity contribution in [2.45, 2.75) is 52.9 Å². The van der Waals surface area contributed by atoms with Gasteiger partial charge in [-0.05, 0) is 50.1 Å². The van der Waals surface area contributed by atoms with E-state index in [9.17, 15) is 0 Å². The topological polar surface area (TPSA) is 12.0 Å². The predicted octanol–water partition coefficient (Wildman–Crippen LogP) is 3.20. The van der Waals surface area contributed by atoms with Crippen LogP contribution >= 0.6 is 0 Å². The Morgan fingerprint density at radius 3 is 2.77 bits per heavy atom. The van der Waals surface area contributed by atoms with Gasteiger partial charge in [0.1, 0.15) is 0 Å². The van der Waals surface area contributed by atoms with Crippen LogP contribution in [-0.2, 0) is 0 Å². The van der Waals surface area contributed by atoms with E-state index in [1.54, 1.807) is 0 Å². The highest BCUT2D eigenvalue weighted by atomic mass is 14.9. The van der Waals surface area contributed by atoms with E-state index in [-0.39, 0.29) is 0 Å². The molecule has 13 heavy (non-hydrogen) atoms. The third kappa shape index (κ3) is 4.12. The van der Waals surface area contributed by atoms with Gasteiger partial charge in [-0.15, -0.1) is 0 Å². The molecule has 0 radical (unpaired) electrons. The minimum absolute atomic E-state index is 0.608. The molecule has 0 heterocycles. The Kier molecular flexibility index (Phi) is 4.24. The van der Waals surface area contributed by atoms with Gasteiger partial charge in [-0.2, -0.15) is 0 Å². The van der Waals surface area contributed by atoms with Crippen LogP contribution in [0.4, 0.5) is 0 Å². The van der Waals surface area contributed by atoms with Gasteiger partial charge in [0.25, 0.3) is 0 Å². The van der Waals surface area contributed by atoms with Gasteiger partial charge < -0.3 is 5.32 Å². The molecule has 1 rings (SSSR count). The van der Waals surface area contributed by atoms with Gasteiger partial charge in [0.15, 0.2) is 0 Å². The molecule has 0 aliphatic heterocycles. The van der Waals surface area contributed by atoms with Gasteiger partial charge in [0.2, 0.25) is 0 Å². The van der Waals surface area contributed by atoms with E-state index in [0.717, 1.165) is 5.92 Å².